The zero-order chi connectivity index (χ0) is 17.3. The number of hydrogen-bond donors (Lipinski definition) is 1. The molecule has 122 valence electrons. The van der Waals surface area contributed by atoms with Gasteiger partial charge in [-0.3, -0.25) is 4.79 Å². The van der Waals surface area contributed by atoms with Crippen LogP contribution in [-0.4, -0.2) is 16.1 Å². The summed E-state index contributed by atoms with van der Waals surface area (Å²) in [5, 5.41) is 8.97. The summed E-state index contributed by atoms with van der Waals surface area (Å²) in [6.07, 6.45) is -0.399. The average Bonchev–Trinajstić information content (AvgIpc) is 2.94. The predicted octanol–water partition coefficient (Wildman–Crippen LogP) is 4.57. The van der Waals surface area contributed by atoms with Crippen LogP contribution in [0.15, 0.2) is 46.9 Å². The molecule has 0 bridgehead atoms. The number of aromatic nitrogens is 1. The van der Waals surface area contributed by atoms with Crippen LogP contribution in [0.25, 0.3) is 22.8 Å². The molecule has 1 aromatic heterocycles. The summed E-state index contributed by atoms with van der Waals surface area (Å²) in [6.45, 7) is 0. The van der Waals surface area contributed by atoms with Gasteiger partial charge < -0.3 is 9.52 Å². The molecule has 0 fully saturated rings. The minimum atomic E-state index is -1.11. The van der Waals surface area contributed by atoms with Crippen molar-refractivity contribution in [1.82, 2.24) is 4.98 Å². The highest BCUT2D eigenvalue weighted by molar-refractivity contribution is 6.30. The first kappa shape index (κ1) is 16.1. The highest BCUT2D eigenvalue weighted by atomic mass is 35.5. The van der Waals surface area contributed by atoms with E-state index >= 15 is 0 Å². The van der Waals surface area contributed by atoms with E-state index in [1.54, 1.807) is 0 Å². The van der Waals surface area contributed by atoms with E-state index in [2.05, 4.69) is 4.98 Å². The predicted molar refractivity (Wildman–Crippen MR) is 83.6 cm³/mol. The van der Waals surface area contributed by atoms with Gasteiger partial charge >= 0.3 is 5.97 Å². The Bertz CT molecular complexity index is 907. The van der Waals surface area contributed by atoms with E-state index < -0.39 is 24.0 Å². The SMILES string of the molecule is O=C(O)Cc1nc(-c2ccc(F)cc2)oc1-c1ccc(Cl)c(F)c1. The van der Waals surface area contributed by atoms with Crippen LogP contribution in [-0.2, 0) is 11.2 Å². The fourth-order valence-electron chi connectivity index (χ4n) is 2.19. The van der Waals surface area contributed by atoms with Gasteiger partial charge in [-0.25, -0.2) is 13.8 Å². The molecule has 3 rings (SSSR count). The molecule has 0 unspecified atom stereocenters. The minimum Gasteiger partial charge on any atom is -0.481 e. The van der Waals surface area contributed by atoms with Gasteiger partial charge in [-0.1, -0.05) is 11.6 Å². The van der Waals surface area contributed by atoms with E-state index in [-0.39, 0.29) is 22.4 Å². The summed E-state index contributed by atoms with van der Waals surface area (Å²) in [7, 11) is 0. The largest absolute Gasteiger partial charge is 0.481 e. The Morgan fingerprint density at radius 2 is 1.79 bits per heavy atom. The topological polar surface area (TPSA) is 63.3 Å². The third-order valence-electron chi connectivity index (χ3n) is 3.29. The van der Waals surface area contributed by atoms with E-state index in [1.807, 2.05) is 0 Å². The third kappa shape index (κ3) is 3.28. The normalized spacial score (nSPS) is 10.8. The molecule has 0 saturated heterocycles. The van der Waals surface area contributed by atoms with E-state index in [1.165, 1.54) is 36.4 Å². The Kier molecular flexibility index (Phi) is 4.31. The van der Waals surface area contributed by atoms with Gasteiger partial charge in [0, 0.05) is 11.1 Å². The molecule has 4 nitrogen and oxygen atoms in total. The molecule has 24 heavy (non-hydrogen) atoms. The first-order valence-electron chi connectivity index (χ1n) is 6.87. The van der Waals surface area contributed by atoms with Crippen molar-refractivity contribution in [2.45, 2.75) is 6.42 Å². The van der Waals surface area contributed by atoms with Gasteiger partial charge in [-0.15, -0.1) is 0 Å². The van der Waals surface area contributed by atoms with Crippen LogP contribution < -0.4 is 0 Å². The molecule has 2 aromatic carbocycles. The van der Waals surface area contributed by atoms with Crippen molar-refractivity contribution >= 4 is 17.6 Å². The first-order chi connectivity index (χ1) is 11.4. The lowest BCUT2D eigenvalue weighted by Crippen LogP contribution is -2.01. The first-order valence-corrected chi connectivity index (χ1v) is 7.24. The molecular formula is C17H10ClF2NO3. The summed E-state index contributed by atoms with van der Waals surface area (Å²) < 4.78 is 32.3. The van der Waals surface area contributed by atoms with Crippen molar-refractivity contribution in [3.8, 4) is 22.8 Å². The Morgan fingerprint density at radius 3 is 2.42 bits per heavy atom. The van der Waals surface area contributed by atoms with Crippen molar-refractivity contribution in [2.75, 3.05) is 0 Å². The summed E-state index contributed by atoms with van der Waals surface area (Å²) in [5.74, 6) is -1.93. The number of carbonyl (C=O) groups is 1. The zero-order valence-electron chi connectivity index (χ0n) is 12.1. The molecule has 1 N–H and O–H groups in total. The van der Waals surface area contributed by atoms with E-state index in [4.69, 9.17) is 21.1 Å². The van der Waals surface area contributed by atoms with Gasteiger partial charge in [-0.05, 0) is 42.5 Å². The van der Waals surface area contributed by atoms with Crippen LogP contribution in [0.5, 0.6) is 0 Å². The molecule has 0 aliphatic rings. The van der Waals surface area contributed by atoms with Crippen LogP contribution in [0.1, 0.15) is 5.69 Å². The van der Waals surface area contributed by atoms with Gasteiger partial charge in [-0.2, -0.15) is 0 Å². The van der Waals surface area contributed by atoms with Crippen molar-refractivity contribution in [3.05, 3.63) is 64.8 Å². The van der Waals surface area contributed by atoms with Crippen LogP contribution in [0, 0.1) is 11.6 Å². The second kappa shape index (κ2) is 6.41. The lowest BCUT2D eigenvalue weighted by molar-refractivity contribution is -0.136. The van der Waals surface area contributed by atoms with E-state index in [0.29, 0.717) is 11.1 Å². The van der Waals surface area contributed by atoms with Crippen LogP contribution >= 0.6 is 11.6 Å². The van der Waals surface area contributed by atoms with Gasteiger partial charge in [0.1, 0.15) is 11.6 Å². The Balaban J connectivity index is 2.11. The van der Waals surface area contributed by atoms with Gasteiger partial charge in [0.05, 0.1) is 17.1 Å². The van der Waals surface area contributed by atoms with Crippen molar-refractivity contribution < 1.29 is 23.1 Å². The standard InChI is InChI=1S/C17H10ClF2NO3/c18-12-6-3-10(7-13(12)20)16-14(8-15(22)23)21-17(24-16)9-1-4-11(19)5-2-9/h1-7H,8H2,(H,22,23). The Hall–Kier alpha value is -2.73. The Labute approximate surface area is 140 Å². The number of halogens is 3. The quantitative estimate of drug-likeness (QED) is 0.749. The molecule has 0 radical (unpaired) electrons. The summed E-state index contributed by atoms with van der Waals surface area (Å²) >= 11 is 5.66. The number of hydrogen-bond acceptors (Lipinski definition) is 3. The number of nitrogens with zero attached hydrogens (tertiary/aromatic N) is 1. The molecule has 0 atom stereocenters. The highest BCUT2D eigenvalue weighted by Gasteiger charge is 2.19. The lowest BCUT2D eigenvalue weighted by atomic mass is 10.1. The van der Waals surface area contributed by atoms with Gasteiger partial charge in [0.2, 0.25) is 5.89 Å². The molecule has 0 amide bonds. The highest BCUT2D eigenvalue weighted by Crippen LogP contribution is 2.32. The fraction of sp³-hybridized carbons (Fsp3) is 0.0588. The van der Waals surface area contributed by atoms with E-state index in [0.717, 1.165) is 6.07 Å². The summed E-state index contributed by atoms with van der Waals surface area (Å²) in [5.41, 5.74) is 0.932. The number of benzene rings is 2. The molecule has 1 heterocycles. The maximum Gasteiger partial charge on any atom is 0.309 e. The molecule has 7 heteroatoms. The molecule has 3 aromatic rings. The van der Waals surface area contributed by atoms with Crippen molar-refractivity contribution in [3.63, 3.8) is 0 Å². The maximum atomic E-state index is 13.7. The molecular weight excluding hydrogens is 340 g/mol. The number of oxazole rings is 1. The molecule has 0 spiro atoms. The van der Waals surface area contributed by atoms with Crippen molar-refractivity contribution in [2.24, 2.45) is 0 Å². The Morgan fingerprint density at radius 1 is 1.12 bits per heavy atom. The third-order valence-corrected chi connectivity index (χ3v) is 3.60. The monoisotopic (exact) mass is 349 g/mol. The fourth-order valence-corrected chi connectivity index (χ4v) is 2.31. The van der Waals surface area contributed by atoms with Crippen LogP contribution in [0.3, 0.4) is 0 Å². The lowest BCUT2D eigenvalue weighted by Gasteiger charge is -2.01. The average molecular weight is 350 g/mol. The second-order valence-corrected chi connectivity index (χ2v) is 5.41. The second-order valence-electron chi connectivity index (χ2n) is 5.00. The minimum absolute atomic E-state index is 0.0585. The van der Waals surface area contributed by atoms with Gasteiger partial charge in [0.15, 0.2) is 5.76 Å². The molecule has 0 saturated carbocycles. The zero-order valence-corrected chi connectivity index (χ0v) is 12.8. The number of carboxylic acids is 1. The number of rotatable bonds is 4. The van der Waals surface area contributed by atoms with Gasteiger partial charge in [0.25, 0.3) is 0 Å². The number of carboxylic acid groups (broad SMARTS) is 1. The maximum absolute atomic E-state index is 13.7. The molecule has 0 aliphatic heterocycles. The van der Waals surface area contributed by atoms with E-state index in [9.17, 15) is 13.6 Å². The van der Waals surface area contributed by atoms with Crippen LogP contribution in [0.4, 0.5) is 8.78 Å². The molecule has 0 aliphatic carbocycles. The van der Waals surface area contributed by atoms with Crippen LogP contribution in [0.2, 0.25) is 5.02 Å². The van der Waals surface area contributed by atoms with Crippen molar-refractivity contribution in [1.29, 1.82) is 0 Å². The summed E-state index contributed by atoms with van der Waals surface area (Å²) in [6, 6.07) is 9.37. The number of aliphatic carboxylic acids is 1. The smallest absolute Gasteiger partial charge is 0.309 e. The summed E-state index contributed by atoms with van der Waals surface area (Å²) in [4.78, 5) is 15.2.